The molecule has 0 aliphatic heterocycles. The maximum atomic E-state index is 11.4. The quantitative estimate of drug-likeness (QED) is 0.705. The van der Waals surface area contributed by atoms with Gasteiger partial charge in [0.2, 0.25) is 5.91 Å². The molecule has 96 valence electrons. The summed E-state index contributed by atoms with van der Waals surface area (Å²) in [6.45, 7) is 8.72. The first kappa shape index (κ1) is 15.7. The van der Waals surface area contributed by atoms with E-state index in [0.717, 1.165) is 12.8 Å². The highest BCUT2D eigenvalue weighted by atomic mass is 35.5. The molecule has 0 rings (SSSR count). The van der Waals surface area contributed by atoms with Gasteiger partial charge in [0, 0.05) is 12.4 Å². The van der Waals surface area contributed by atoms with Crippen LogP contribution in [-0.4, -0.2) is 30.5 Å². The van der Waals surface area contributed by atoms with Crippen molar-refractivity contribution in [2.75, 3.05) is 19.0 Å². The third-order valence-corrected chi connectivity index (χ3v) is 2.54. The van der Waals surface area contributed by atoms with E-state index in [4.69, 9.17) is 16.3 Å². The Morgan fingerprint density at radius 3 is 2.50 bits per heavy atom. The SMILES string of the molecule is CCC(CCCl)CNC(=O)COC(C)(C)C. The van der Waals surface area contributed by atoms with Crippen molar-refractivity contribution in [1.29, 1.82) is 0 Å². The molecule has 3 nitrogen and oxygen atoms in total. The third kappa shape index (κ3) is 8.98. The van der Waals surface area contributed by atoms with Crippen LogP contribution in [0.1, 0.15) is 40.5 Å². The van der Waals surface area contributed by atoms with Crippen LogP contribution in [0.4, 0.5) is 0 Å². The van der Waals surface area contributed by atoms with Crippen molar-refractivity contribution in [2.24, 2.45) is 5.92 Å². The second-order valence-electron chi connectivity index (χ2n) is 4.96. The van der Waals surface area contributed by atoms with Gasteiger partial charge in [-0.2, -0.15) is 0 Å². The molecule has 0 aliphatic rings. The molecule has 0 bridgehead atoms. The fourth-order valence-corrected chi connectivity index (χ4v) is 1.50. The highest BCUT2D eigenvalue weighted by Gasteiger charge is 2.13. The molecule has 0 saturated heterocycles. The lowest BCUT2D eigenvalue weighted by molar-refractivity contribution is -0.130. The molecule has 0 aromatic heterocycles. The number of carbonyl (C=O) groups is 1. The van der Waals surface area contributed by atoms with Crippen LogP contribution in [0.15, 0.2) is 0 Å². The second kappa shape index (κ2) is 7.91. The Kier molecular flexibility index (Phi) is 7.77. The maximum Gasteiger partial charge on any atom is 0.246 e. The van der Waals surface area contributed by atoms with Crippen LogP contribution in [0.3, 0.4) is 0 Å². The standard InChI is InChI=1S/C12H24ClNO2/c1-5-10(6-7-13)8-14-11(15)9-16-12(2,3)4/h10H,5-9H2,1-4H3,(H,14,15). The molecule has 1 unspecified atom stereocenters. The third-order valence-electron chi connectivity index (χ3n) is 2.32. The van der Waals surface area contributed by atoms with Gasteiger partial charge in [0.05, 0.1) is 5.60 Å². The van der Waals surface area contributed by atoms with Gasteiger partial charge >= 0.3 is 0 Å². The summed E-state index contributed by atoms with van der Waals surface area (Å²) in [7, 11) is 0. The maximum absolute atomic E-state index is 11.4. The van der Waals surface area contributed by atoms with E-state index in [1.165, 1.54) is 0 Å². The van der Waals surface area contributed by atoms with Crippen molar-refractivity contribution in [3.05, 3.63) is 0 Å². The normalized spacial score (nSPS) is 13.6. The molecule has 0 aliphatic carbocycles. The molecular weight excluding hydrogens is 226 g/mol. The van der Waals surface area contributed by atoms with Crippen LogP contribution in [0.25, 0.3) is 0 Å². The van der Waals surface area contributed by atoms with Crippen molar-refractivity contribution in [2.45, 2.75) is 46.1 Å². The van der Waals surface area contributed by atoms with E-state index >= 15 is 0 Å². The van der Waals surface area contributed by atoms with Crippen LogP contribution in [0.2, 0.25) is 0 Å². The predicted molar refractivity (Wildman–Crippen MR) is 67.8 cm³/mol. The Hall–Kier alpha value is -0.280. The van der Waals surface area contributed by atoms with Crippen molar-refractivity contribution >= 4 is 17.5 Å². The first-order valence-electron chi connectivity index (χ1n) is 5.85. The van der Waals surface area contributed by atoms with Crippen molar-refractivity contribution < 1.29 is 9.53 Å². The Balaban J connectivity index is 3.71. The number of alkyl halides is 1. The summed E-state index contributed by atoms with van der Waals surface area (Å²) in [5.41, 5.74) is -0.266. The van der Waals surface area contributed by atoms with Gasteiger partial charge in [-0.1, -0.05) is 13.3 Å². The zero-order valence-corrected chi connectivity index (χ0v) is 11.6. The van der Waals surface area contributed by atoms with Gasteiger partial charge in [-0.15, -0.1) is 11.6 Å². The molecule has 0 aromatic rings. The van der Waals surface area contributed by atoms with Gasteiger partial charge in [0.1, 0.15) is 6.61 Å². The summed E-state index contributed by atoms with van der Waals surface area (Å²) in [6, 6.07) is 0. The molecule has 16 heavy (non-hydrogen) atoms. The molecule has 0 fully saturated rings. The minimum absolute atomic E-state index is 0.0528. The average Bonchev–Trinajstić information content (AvgIpc) is 2.20. The smallest absolute Gasteiger partial charge is 0.246 e. The molecule has 0 spiro atoms. The van der Waals surface area contributed by atoms with E-state index in [1.54, 1.807) is 0 Å². The lowest BCUT2D eigenvalue weighted by Crippen LogP contribution is -2.35. The zero-order chi connectivity index (χ0) is 12.6. The summed E-state index contributed by atoms with van der Waals surface area (Å²) in [6.07, 6.45) is 1.98. The van der Waals surface area contributed by atoms with Crippen molar-refractivity contribution in [3.8, 4) is 0 Å². The first-order chi connectivity index (χ1) is 7.39. The van der Waals surface area contributed by atoms with Gasteiger partial charge in [0.15, 0.2) is 0 Å². The summed E-state index contributed by atoms with van der Waals surface area (Å²) in [5, 5.41) is 2.87. The molecule has 0 saturated carbocycles. The minimum atomic E-state index is -0.266. The Morgan fingerprint density at radius 1 is 1.44 bits per heavy atom. The monoisotopic (exact) mass is 249 g/mol. The summed E-state index contributed by atoms with van der Waals surface area (Å²) in [4.78, 5) is 11.4. The predicted octanol–water partition coefficient (Wildman–Crippen LogP) is 2.57. The number of nitrogens with one attached hydrogen (secondary N) is 1. The van der Waals surface area contributed by atoms with E-state index < -0.39 is 0 Å². The molecule has 0 heterocycles. The summed E-state index contributed by atoms with van der Waals surface area (Å²) in [5.74, 6) is 1.06. The largest absolute Gasteiger partial charge is 0.366 e. The first-order valence-corrected chi connectivity index (χ1v) is 6.39. The van der Waals surface area contributed by atoms with Gasteiger partial charge in [0.25, 0.3) is 0 Å². The van der Waals surface area contributed by atoms with Gasteiger partial charge in [-0.05, 0) is 33.1 Å². The number of amides is 1. The molecule has 1 N–H and O–H groups in total. The number of rotatable bonds is 7. The highest BCUT2D eigenvalue weighted by Crippen LogP contribution is 2.08. The molecule has 1 atom stereocenters. The van der Waals surface area contributed by atoms with E-state index in [9.17, 15) is 4.79 Å². The van der Waals surface area contributed by atoms with E-state index in [0.29, 0.717) is 18.3 Å². The van der Waals surface area contributed by atoms with Crippen LogP contribution >= 0.6 is 11.6 Å². The average molecular weight is 250 g/mol. The van der Waals surface area contributed by atoms with Crippen LogP contribution in [0.5, 0.6) is 0 Å². The fourth-order valence-electron chi connectivity index (χ4n) is 1.20. The Morgan fingerprint density at radius 2 is 2.06 bits per heavy atom. The number of hydrogen-bond donors (Lipinski definition) is 1. The van der Waals surface area contributed by atoms with Crippen LogP contribution in [-0.2, 0) is 9.53 Å². The van der Waals surface area contributed by atoms with Crippen LogP contribution in [0, 0.1) is 5.92 Å². The highest BCUT2D eigenvalue weighted by molar-refractivity contribution is 6.17. The number of ether oxygens (including phenoxy) is 1. The second-order valence-corrected chi connectivity index (χ2v) is 5.34. The number of halogens is 1. The van der Waals surface area contributed by atoms with Crippen LogP contribution < -0.4 is 5.32 Å². The lowest BCUT2D eigenvalue weighted by atomic mass is 10.0. The number of carbonyl (C=O) groups excluding carboxylic acids is 1. The van der Waals surface area contributed by atoms with E-state index in [-0.39, 0.29) is 18.1 Å². The topological polar surface area (TPSA) is 38.3 Å². The summed E-state index contributed by atoms with van der Waals surface area (Å²) < 4.78 is 5.38. The molecule has 1 amide bonds. The Labute approximate surface area is 104 Å². The number of hydrogen-bond acceptors (Lipinski definition) is 2. The van der Waals surface area contributed by atoms with E-state index in [2.05, 4.69) is 12.2 Å². The zero-order valence-electron chi connectivity index (χ0n) is 10.8. The van der Waals surface area contributed by atoms with E-state index in [1.807, 2.05) is 20.8 Å². The van der Waals surface area contributed by atoms with Gasteiger partial charge < -0.3 is 10.1 Å². The molecule has 4 heteroatoms. The molecular formula is C12H24ClNO2. The van der Waals surface area contributed by atoms with Crippen molar-refractivity contribution in [1.82, 2.24) is 5.32 Å². The summed E-state index contributed by atoms with van der Waals surface area (Å²) >= 11 is 5.67. The minimum Gasteiger partial charge on any atom is -0.366 e. The molecule has 0 radical (unpaired) electrons. The van der Waals surface area contributed by atoms with Gasteiger partial charge in [-0.25, -0.2) is 0 Å². The fraction of sp³-hybridized carbons (Fsp3) is 0.917. The van der Waals surface area contributed by atoms with Gasteiger partial charge in [-0.3, -0.25) is 4.79 Å². The Bertz CT molecular complexity index is 202. The molecule has 0 aromatic carbocycles. The lowest BCUT2D eigenvalue weighted by Gasteiger charge is -2.20. The van der Waals surface area contributed by atoms with Crippen molar-refractivity contribution in [3.63, 3.8) is 0 Å².